The molecule has 0 saturated carbocycles. The Balaban J connectivity index is 1.57. The smallest absolute Gasteiger partial charge is 0.256 e. The summed E-state index contributed by atoms with van der Waals surface area (Å²) in [4.78, 5) is 31.6. The van der Waals surface area contributed by atoms with E-state index in [9.17, 15) is 9.59 Å². The molecule has 2 aromatic carbocycles. The molecule has 0 radical (unpaired) electrons. The number of rotatable bonds is 3. The maximum Gasteiger partial charge on any atom is 0.256 e. The van der Waals surface area contributed by atoms with Gasteiger partial charge in [-0.05, 0) is 54.7 Å². The Hall–Kier alpha value is -2.48. The Morgan fingerprint density at radius 2 is 1.94 bits per heavy atom. The van der Waals surface area contributed by atoms with Crippen LogP contribution in [0.1, 0.15) is 45.1 Å². The van der Waals surface area contributed by atoms with Gasteiger partial charge in [0, 0.05) is 44.4 Å². The van der Waals surface area contributed by atoms with Crippen molar-refractivity contribution in [1.29, 1.82) is 0 Å². The average Bonchev–Trinajstić information content (AvgIpc) is 3.13. The van der Waals surface area contributed by atoms with Crippen LogP contribution in [0.4, 0.5) is 5.13 Å². The molecule has 5 rings (SSSR count). The van der Waals surface area contributed by atoms with Crippen molar-refractivity contribution < 1.29 is 9.59 Å². The van der Waals surface area contributed by atoms with Crippen LogP contribution in [0.5, 0.6) is 0 Å². The molecule has 5 nitrogen and oxygen atoms in total. The van der Waals surface area contributed by atoms with Crippen LogP contribution in [0, 0.1) is 5.41 Å². The fraction of sp³-hybridized carbons (Fsp3) is 0.269. The van der Waals surface area contributed by atoms with E-state index in [4.69, 9.17) is 11.6 Å². The first-order valence-electron chi connectivity index (χ1n) is 11.0. The number of Topliss-reactive ketones (excluding diaryl/α,β-unsaturated/α-hetero) is 1. The molecule has 8 heteroatoms. The number of dihydropyridines is 1. The van der Waals surface area contributed by atoms with Gasteiger partial charge in [0.1, 0.15) is 0 Å². The van der Waals surface area contributed by atoms with Crippen molar-refractivity contribution in [2.45, 2.75) is 39.5 Å². The minimum absolute atomic E-state index is 0.0707. The van der Waals surface area contributed by atoms with Crippen molar-refractivity contribution >= 4 is 65.9 Å². The fourth-order valence-corrected chi connectivity index (χ4v) is 6.38. The van der Waals surface area contributed by atoms with Gasteiger partial charge in [-0.1, -0.05) is 64.8 Å². The molecule has 0 bridgehead atoms. The number of hydrogen-bond donors (Lipinski definition) is 2. The zero-order valence-corrected chi connectivity index (χ0v) is 22.1. The Kier molecular flexibility index (Phi) is 5.91. The van der Waals surface area contributed by atoms with Gasteiger partial charge in [-0.3, -0.25) is 14.9 Å². The molecule has 1 aliphatic carbocycles. The molecule has 1 atom stereocenters. The number of aromatic nitrogens is 1. The highest BCUT2D eigenvalue weighted by atomic mass is 79.9. The highest BCUT2D eigenvalue weighted by Crippen LogP contribution is 2.47. The van der Waals surface area contributed by atoms with E-state index in [1.54, 1.807) is 12.1 Å². The van der Waals surface area contributed by atoms with E-state index in [1.165, 1.54) is 11.3 Å². The van der Waals surface area contributed by atoms with Crippen LogP contribution >= 0.6 is 38.9 Å². The van der Waals surface area contributed by atoms with Crippen molar-refractivity contribution in [3.63, 3.8) is 0 Å². The van der Waals surface area contributed by atoms with Gasteiger partial charge in [-0.15, -0.1) is 0 Å². The van der Waals surface area contributed by atoms with Crippen LogP contribution < -0.4 is 10.6 Å². The molecule has 34 heavy (non-hydrogen) atoms. The van der Waals surface area contributed by atoms with Gasteiger partial charge in [0.25, 0.3) is 5.91 Å². The number of hydrogen-bond acceptors (Lipinski definition) is 5. The SMILES string of the molecule is CC1=C(C(=O)Nc2nc3ccc(Br)cc3s2)[C@H](c2ccc(Cl)cc2)C2=C(CC(C)(C)CC2=O)N1. The predicted molar refractivity (Wildman–Crippen MR) is 141 cm³/mol. The summed E-state index contributed by atoms with van der Waals surface area (Å²) >= 11 is 11.0. The van der Waals surface area contributed by atoms with Gasteiger partial charge >= 0.3 is 0 Å². The monoisotopic (exact) mass is 555 g/mol. The van der Waals surface area contributed by atoms with Gasteiger partial charge in [0.2, 0.25) is 0 Å². The second-order valence-electron chi connectivity index (χ2n) is 9.57. The number of halogens is 2. The lowest BCUT2D eigenvalue weighted by Crippen LogP contribution is -2.39. The summed E-state index contributed by atoms with van der Waals surface area (Å²) in [6.45, 7) is 6.09. The third kappa shape index (κ3) is 4.32. The number of thiazole rings is 1. The number of ketones is 1. The second-order valence-corrected chi connectivity index (χ2v) is 11.9. The van der Waals surface area contributed by atoms with Gasteiger partial charge in [-0.2, -0.15) is 0 Å². The maximum atomic E-state index is 13.7. The van der Waals surface area contributed by atoms with Crippen LogP contribution in [-0.4, -0.2) is 16.7 Å². The van der Waals surface area contributed by atoms with Gasteiger partial charge in [-0.25, -0.2) is 4.98 Å². The number of fused-ring (bicyclic) bond motifs is 1. The molecule has 3 aromatic rings. The summed E-state index contributed by atoms with van der Waals surface area (Å²) in [5, 5.41) is 7.50. The lowest BCUT2D eigenvalue weighted by molar-refractivity contribution is -0.118. The molecular formula is C26H23BrClN3O2S. The Morgan fingerprint density at radius 3 is 2.68 bits per heavy atom. The number of anilines is 1. The molecule has 0 unspecified atom stereocenters. The number of nitrogens with zero attached hydrogens (tertiary/aromatic N) is 1. The number of allylic oxidation sites excluding steroid dienone is 3. The van der Waals surface area contributed by atoms with Crippen molar-refractivity contribution in [3.8, 4) is 0 Å². The van der Waals surface area contributed by atoms with Crippen LogP contribution in [0.25, 0.3) is 10.2 Å². The van der Waals surface area contributed by atoms with Gasteiger partial charge < -0.3 is 5.32 Å². The highest BCUT2D eigenvalue weighted by molar-refractivity contribution is 9.10. The van der Waals surface area contributed by atoms with E-state index in [-0.39, 0.29) is 17.1 Å². The molecule has 174 valence electrons. The van der Waals surface area contributed by atoms with E-state index >= 15 is 0 Å². The Labute approximate surface area is 215 Å². The molecule has 1 aromatic heterocycles. The summed E-state index contributed by atoms with van der Waals surface area (Å²) in [6.07, 6.45) is 1.19. The van der Waals surface area contributed by atoms with Crippen LogP contribution in [0.3, 0.4) is 0 Å². The normalized spacial score (nSPS) is 19.8. The molecule has 2 N–H and O–H groups in total. The summed E-state index contributed by atoms with van der Waals surface area (Å²) < 4.78 is 1.93. The number of nitrogens with one attached hydrogen (secondary N) is 2. The number of carbonyl (C=O) groups excluding carboxylic acids is 2. The standard InChI is InChI=1S/C26H23BrClN3O2S/c1-13-21(24(33)31-25-30-17-9-6-15(27)10-20(17)34-25)22(14-4-7-16(28)8-5-14)23-18(29-13)11-26(2,3)12-19(23)32/h4-10,22,29H,11-12H2,1-3H3,(H,30,31,33)/t22-/m0/s1. The maximum absolute atomic E-state index is 13.7. The first kappa shape index (κ1) is 23.3. The topological polar surface area (TPSA) is 71.1 Å². The van der Waals surface area contributed by atoms with E-state index in [0.717, 1.165) is 38.1 Å². The van der Waals surface area contributed by atoms with E-state index < -0.39 is 5.92 Å². The van der Waals surface area contributed by atoms with E-state index in [2.05, 4.69) is 45.4 Å². The molecule has 0 fully saturated rings. The summed E-state index contributed by atoms with van der Waals surface area (Å²) in [7, 11) is 0. The first-order chi connectivity index (χ1) is 16.1. The zero-order valence-electron chi connectivity index (χ0n) is 19.0. The van der Waals surface area contributed by atoms with E-state index in [1.807, 2.05) is 37.3 Å². The second kappa shape index (κ2) is 8.63. The van der Waals surface area contributed by atoms with E-state index in [0.29, 0.717) is 27.7 Å². The lowest BCUT2D eigenvalue weighted by atomic mass is 9.68. The van der Waals surface area contributed by atoms with Crippen molar-refractivity contribution in [2.24, 2.45) is 5.41 Å². The fourth-order valence-electron chi connectivity index (χ4n) is 4.84. The third-order valence-electron chi connectivity index (χ3n) is 6.26. The molecule has 2 heterocycles. The molecule has 1 aliphatic heterocycles. The molecule has 1 amide bonds. The number of benzene rings is 2. The first-order valence-corrected chi connectivity index (χ1v) is 13.0. The molecule has 0 spiro atoms. The summed E-state index contributed by atoms with van der Waals surface area (Å²) in [6, 6.07) is 13.2. The van der Waals surface area contributed by atoms with Crippen LogP contribution in [0.2, 0.25) is 5.02 Å². The molecular weight excluding hydrogens is 534 g/mol. The number of amides is 1. The lowest BCUT2D eigenvalue weighted by Gasteiger charge is -2.39. The molecule has 2 aliphatic rings. The van der Waals surface area contributed by atoms with Crippen molar-refractivity contribution in [2.75, 3.05) is 5.32 Å². The Bertz CT molecular complexity index is 1410. The zero-order chi connectivity index (χ0) is 24.2. The largest absolute Gasteiger partial charge is 0.362 e. The third-order valence-corrected chi connectivity index (χ3v) is 7.94. The van der Waals surface area contributed by atoms with Gasteiger partial charge in [0.05, 0.1) is 10.2 Å². The minimum atomic E-state index is -0.472. The Morgan fingerprint density at radius 1 is 1.21 bits per heavy atom. The van der Waals surface area contributed by atoms with Crippen molar-refractivity contribution in [3.05, 3.63) is 80.1 Å². The minimum Gasteiger partial charge on any atom is -0.362 e. The highest BCUT2D eigenvalue weighted by Gasteiger charge is 2.42. The van der Waals surface area contributed by atoms with Gasteiger partial charge in [0.15, 0.2) is 10.9 Å². The summed E-state index contributed by atoms with van der Waals surface area (Å²) in [5.41, 5.74) is 4.39. The summed E-state index contributed by atoms with van der Waals surface area (Å²) in [5.74, 6) is -0.672. The number of carbonyl (C=O) groups is 2. The van der Waals surface area contributed by atoms with Crippen LogP contribution in [-0.2, 0) is 9.59 Å². The molecule has 0 saturated heterocycles. The van der Waals surface area contributed by atoms with Crippen molar-refractivity contribution in [1.82, 2.24) is 10.3 Å². The average molecular weight is 557 g/mol. The predicted octanol–water partition coefficient (Wildman–Crippen LogP) is 6.95. The van der Waals surface area contributed by atoms with Crippen LogP contribution in [0.15, 0.2) is 69.5 Å². The quantitative estimate of drug-likeness (QED) is 0.366.